The Bertz CT molecular complexity index is 322. The van der Waals surface area contributed by atoms with Crippen LogP contribution < -0.4 is 0 Å². The first-order valence-electron chi connectivity index (χ1n) is 5.53. The molecule has 0 heterocycles. The molecule has 0 radical (unpaired) electrons. The van der Waals surface area contributed by atoms with Gasteiger partial charge in [-0.05, 0) is 43.2 Å². The van der Waals surface area contributed by atoms with E-state index >= 15 is 0 Å². The Morgan fingerprint density at radius 1 is 0.938 bits per heavy atom. The molecule has 16 heavy (non-hydrogen) atoms. The molecule has 0 saturated heterocycles. The minimum atomic E-state index is 0.695. The van der Waals surface area contributed by atoms with E-state index in [4.69, 9.17) is 9.47 Å². The van der Waals surface area contributed by atoms with Crippen LogP contribution in [-0.4, -0.2) is 13.2 Å². The van der Waals surface area contributed by atoms with Crippen LogP contribution in [0.1, 0.15) is 25.0 Å². The van der Waals surface area contributed by atoms with Crippen LogP contribution in [0.4, 0.5) is 0 Å². The summed E-state index contributed by atoms with van der Waals surface area (Å²) in [6.45, 7) is 5.32. The summed E-state index contributed by atoms with van der Waals surface area (Å²) < 4.78 is 10.3. The Balaban J connectivity index is 2.63. The van der Waals surface area contributed by atoms with Gasteiger partial charge in [0.25, 0.3) is 0 Å². The van der Waals surface area contributed by atoms with Gasteiger partial charge in [0.15, 0.2) is 0 Å². The topological polar surface area (TPSA) is 18.5 Å². The molecule has 0 aliphatic heterocycles. The third-order valence-corrected chi connectivity index (χ3v) is 1.96. The molecule has 86 valence electrons. The van der Waals surface area contributed by atoms with Crippen molar-refractivity contribution in [1.29, 1.82) is 0 Å². The molecular formula is C14H18O2. The maximum atomic E-state index is 5.15. The minimum absolute atomic E-state index is 0.695. The van der Waals surface area contributed by atoms with Crippen LogP contribution in [0.25, 0.3) is 12.2 Å². The summed E-state index contributed by atoms with van der Waals surface area (Å²) in [6.07, 6.45) is 7.32. The van der Waals surface area contributed by atoms with Crippen LogP contribution >= 0.6 is 0 Å². The minimum Gasteiger partial charge on any atom is -0.501 e. The normalized spacial score (nSPS) is 11.1. The van der Waals surface area contributed by atoms with Crippen LogP contribution in [0, 0.1) is 0 Å². The smallest absolute Gasteiger partial charge is 0.0845 e. The van der Waals surface area contributed by atoms with Crippen molar-refractivity contribution in [2.75, 3.05) is 13.2 Å². The zero-order valence-corrected chi connectivity index (χ0v) is 9.85. The highest BCUT2D eigenvalue weighted by Gasteiger charge is 1.89. The molecule has 0 aliphatic carbocycles. The van der Waals surface area contributed by atoms with Crippen molar-refractivity contribution >= 4 is 12.2 Å². The fraction of sp³-hybridized carbons (Fsp3) is 0.286. The zero-order chi connectivity index (χ0) is 11.6. The van der Waals surface area contributed by atoms with Gasteiger partial charge >= 0.3 is 0 Å². The van der Waals surface area contributed by atoms with Gasteiger partial charge in [-0.1, -0.05) is 18.2 Å². The van der Waals surface area contributed by atoms with Crippen molar-refractivity contribution in [2.45, 2.75) is 13.8 Å². The SMILES string of the molecule is CCO/C=C\c1cccc(/C=C\OCC)c1. The summed E-state index contributed by atoms with van der Waals surface area (Å²) >= 11 is 0. The molecule has 1 aromatic carbocycles. The van der Waals surface area contributed by atoms with Crippen LogP contribution in [0.15, 0.2) is 36.8 Å². The lowest BCUT2D eigenvalue weighted by Crippen LogP contribution is -1.80. The second kappa shape index (κ2) is 7.57. The second-order valence-electron chi connectivity index (χ2n) is 3.19. The molecule has 2 nitrogen and oxygen atoms in total. The van der Waals surface area contributed by atoms with Crippen molar-refractivity contribution < 1.29 is 9.47 Å². The molecule has 0 fully saturated rings. The first-order chi connectivity index (χ1) is 7.86. The molecule has 0 saturated carbocycles. The van der Waals surface area contributed by atoms with Crippen molar-refractivity contribution in [2.24, 2.45) is 0 Å². The molecule has 0 amide bonds. The predicted molar refractivity (Wildman–Crippen MR) is 67.8 cm³/mol. The molecule has 0 N–H and O–H groups in total. The lowest BCUT2D eigenvalue weighted by molar-refractivity contribution is 0.272. The van der Waals surface area contributed by atoms with E-state index in [-0.39, 0.29) is 0 Å². The van der Waals surface area contributed by atoms with Crippen LogP contribution in [0.5, 0.6) is 0 Å². The first kappa shape index (κ1) is 12.4. The summed E-state index contributed by atoms with van der Waals surface area (Å²) in [4.78, 5) is 0. The summed E-state index contributed by atoms with van der Waals surface area (Å²) in [5, 5.41) is 0. The number of ether oxygens (including phenoxy) is 2. The molecule has 0 spiro atoms. The molecule has 0 bridgehead atoms. The first-order valence-corrected chi connectivity index (χ1v) is 5.53. The van der Waals surface area contributed by atoms with E-state index < -0.39 is 0 Å². The molecular weight excluding hydrogens is 200 g/mol. The molecule has 2 heteroatoms. The van der Waals surface area contributed by atoms with Crippen LogP contribution in [0.2, 0.25) is 0 Å². The van der Waals surface area contributed by atoms with Crippen molar-refractivity contribution in [3.8, 4) is 0 Å². The van der Waals surface area contributed by atoms with E-state index in [0.29, 0.717) is 13.2 Å². The van der Waals surface area contributed by atoms with Gasteiger partial charge in [0, 0.05) is 0 Å². The summed E-state index contributed by atoms with van der Waals surface area (Å²) in [5.74, 6) is 0. The molecule has 1 aromatic rings. The Hall–Kier alpha value is -1.70. The lowest BCUT2D eigenvalue weighted by Gasteiger charge is -1.98. The van der Waals surface area contributed by atoms with Gasteiger partial charge in [0.2, 0.25) is 0 Å². The highest BCUT2D eigenvalue weighted by molar-refractivity contribution is 5.56. The highest BCUT2D eigenvalue weighted by Crippen LogP contribution is 2.09. The fourth-order valence-corrected chi connectivity index (χ4v) is 1.21. The highest BCUT2D eigenvalue weighted by atomic mass is 16.5. The number of rotatable bonds is 6. The molecule has 0 aromatic heterocycles. The zero-order valence-electron chi connectivity index (χ0n) is 9.85. The Morgan fingerprint density at radius 3 is 1.88 bits per heavy atom. The van der Waals surface area contributed by atoms with Crippen LogP contribution in [-0.2, 0) is 9.47 Å². The molecule has 0 aliphatic rings. The number of hydrogen-bond donors (Lipinski definition) is 0. The third-order valence-electron chi connectivity index (χ3n) is 1.96. The Labute approximate surface area is 97.2 Å². The summed E-state index contributed by atoms with van der Waals surface area (Å²) in [7, 11) is 0. The van der Waals surface area contributed by atoms with Gasteiger partial charge in [-0.25, -0.2) is 0 Å². The fourth-order valence-electron chi connectivity index (χ4n) is 1.21. The average Bonchev–Trinajstić information content (AvgIpc) is 2.30. The molecule has 0 atom stereocenters. The van der Waals surface area contributed by atoms with E-state index in [1.165, 1.54) is 0 Å². The van der Waals surface area contributed by atoms with Crippen molar-refractivity contribution in [3.05, 3.63) is 47.9 Å². The predicted octanol–water partition coefficient (Wildman–Crippen LogP) is 3.70. The molecule has 0 unspecified atom stereocenters. The lowest BCUT2D eigenvalue weighted by atomic mass is 10.1. The maximum absolute atomic E-state index is 5.15. The summed E-state index contributed by atoms with van der Waals surface area (Å²) in [5.41, 5.74) is 2.24. The Kier molecular flexibility index (Phi) is 5.86. The number of hydrogen-bond acceptors (Lipinski definition) is 2. The summed E-state index contributed by atoms with van der Waals surface area (Å²) in [6, 6.07) is 8.16. The van der Waals surface area contributed by atoms with E-state index in [9.17, 15) is 0 Å². The Morgan fingerprint density at radius 2 is 1.44 bits per heavy atom. The maximum Gasteiger partial charge on any atom is 0.0845 e. The van der Waals surface area contributed by atoms with Crippen molar-refractivity contribution in [1.82, 2.24) is 0 Å². The van der Waals surface area contributed by atoms with Crippen molar-refractivity contribution in [3.63, 3.8) is 0 Å². The largest absolute Gasteiger partial charge is 0.501 e. The van der Waals surface area contributed by atoms with E-state index in [1.54, 1.807) is 12.5 Å². The van der Waals surface area contributed by atoms with Gasteiger partial charge in [-0.2, -0.15) is 0 Å². The van der Waals surface area contributed by atoms with Crippen LogP contribution in [0.3, 0.4) is 0 Å². The van der Waals surface area contributed by atoms with Gasteiger partial charge in [0.1, 0.15) is 0 Å². The van der Waals surface area contributed by atoms with E-state index in [0.717, 1.165) is 11.1 Å². The quantitative estimate of drug-likeness (QED) is 0.678. The standard InChI is InChI=1S/C14H18O2/c1-3-15-10-8-13-6-5-7-14(12-13)9-11-16-4-2/h5-12H,3-4H2,1-2H3/b10-8-,11-9-. The average molecular weight is 218 g/mol. The molecule has 1 rings (SSSR count). The number of benzene rings is 1. The van der Waals surface area contributed by atoms with Gasteiger partial charge in [0.05, 0.1) is 25.7 Å². The van der Waals surface area contributed by atoms with E-state index in [2.05, 4.69) is 6.07 Å². The third kappa shape index (κ3) is 4.69. The van der Waals surface area contributed by atoms with Gasteiger partial charge < -0.3 is 9.47 Å². The van der Waals surface area contributed by atoms with Gasteiger partial charge in [-0.15, -0.1) is 0 Å². The van der Waals surface area contributed by atoms with E-state index in [1.807, 2.05) is 44.2 Å². The van der Waals surface area contributed by atoms with Gasteiger partial charge in [-0.3, -0.25) is 0 Å². The second-order valence-corrected chi connectivity index (χ2v) is 3.19. The monoisotopic (exact) mass is 218 g/mol.